The summed E-state index contributed by atoms with van der Waals surface area (Å²) in [6, 6.07) is 16.3. The number of benzene rings is 2. The van der Waals surface area contributed by atoms with E-state index >= 15 is 0 Å². The van der Waals surface area contributed by atoms with E-state index in [-0.39, 0.29) is 0 Å². The van der Waals surface area contributed by atoms with Crippen LogP contribution in [-0.4, -0.2) is 41.1 Å². The van der Waals surface area contributed by atoms with Crippen LogP contribution in [0.3, 0.4) is 0 Å². The maximum atomic E-state index is 6.02. The fraction of sp³-hybridized carbons (Fsp3) is 0.278. The molecule has 1 fully saturated rings. The van der Waals surface area contributed by atoms with Crippen molar-refractivity contribution in [3.05, 3.63) is 48.5 Å². The molecule has 1 aliphatic rings. The molecule has 1 aliphatic heterocycles. The zero-order chi connectivity index (χ0) is 14.9. The van der Waals surface area contributed by atoms with Gasteiger partial charge < -0.3 is 14.6 Å². The summed E-state index contributed by atoms with van der Waals surface area (Å²) in [5.41, 5.74) is 3.13. The monoisotopic (exact) mass is 293 g/mol. The number of nitrogens with one attached hydrogen (secondary N) is 1. The first-order valence-electron chi connectivity index (χ1n) is 7.68. The molecule has 1 aromatic heterocycles. The second-order valence-electron chi connectivity index (χ2n) is 5.92. The molecular weight excluding hydrogens is 274 g/mol. The minimum absolute atomic E-state index is 0.307. The van der Waals surface area contributed by atoms with Gasteiger partial charge in [-0.2, -0.15) is 0 Å². The van der Waals surface area contributed by atoms with Crippen molar-refractivity contribution in [1.29, 1.82) is 0 Å². The van der Waals surface area contributed by atoms with Gasteiger partial charge in [-0.1, -0.05) is 12.1 Å². The molecule has 0 bridgehead atoms. The molecule has 0 radical (unpaired) electrons. The highest BCUT2D eigenvalue weighted by molar-refractivity contribution is 5.79. The van der Waals surface area contributed by atoms with Crippen molar-refractivity contribution in [2.75, 3.05) is 20.1 Å². The van der Waals surface area contributed by atoms with Crippen molar-refractivity contribution in [3.63, 3.8) is 0 Å². The maximum absolute atomic E-state index is 6.02. The number of H-pyrrole nitrogens is 1. The van der Waals surface area contributed by atoms with Crippen molar-refractivity contribution in [3.8, 4) is 17.1 Å². The van der Waals surface area contributed by atoms with Gasteiger partial charge in [0.15, 0.2) is 0 Å². The molecule has 0 spiro atoms. The quantitative estimate of drug-likeness (QED) is 0.805. The first-order chi connectivity index (χ1) is 10.8. The molecule has 0 saturated carbocycles. The van der Waals surface area contributed by atoms with Crippen molar-refractivity contribution in [2.24, 2.45) is 0 Å². The largest absolute Gasteiger partial charge is 0.489 e. The molecule has 2 heterocycles. The molecule has 1 N–H and O–H groups in total. The Kier molecular flexibility index (Phi) is 3.31. The second kappa shape index (κ2) is 5.46. The Morgan fingerprint density at radius 3 is 2.68 bits per heavy atom. The van der Waals surface area contributed by atoms with Gasteiger partial charge >= 0.3 is 0 Å². The van der Waals surface area contributed by atoms with Gasteiger partial charge in [0.2, 0.25) is 0 Å². The Morgan fingerprint density at radius 1 is 1.14 bits per heavy atom. The Morgan fingerprint density at radius 2 is 1.95 bits per heavy atom. The molecule has 4 rings (SSSR count). The van der Waals surface area contributed by atoms with E-state index in [4.69, 9.17) is 4.74 Å². The van der Waals surface area contributed by atoms with Crippen molar-refractivity contribution in [1.82, 2.24) is 14.9 Å². The second-order valence-corrected chi connectivity index (χ2v) is 5.92. The summed E-state index contributed by atoms with van der Waals surface area (Å²) in [4.78, 5) is 10.3. The highest BCUT2D eigenvalue weighted by atomic mass is 16.5. The van der Waals surface area contributed by atoms with E-state index < -0.39 is 0 Å². The number of para-hydroxylation sites is 2. The van der Waals surface area contributed by atoms with Crippen molar-refractivity contribution < 1.29 is 4.74 Å². The molecule has 1 saturated heterocycles. The van der Waals surface area contributed by atoms with Gasteiger partial charge in [-0.25, -0.2) is 4.98 Å². The summed E-state index contributed by atoms with van der Waals surface area (Å²) in [6.07, 6.45) is 1.41. The Labute approximate surface area is 129 Å². The summed E-state index contributed by atoms with van der Waals surface area (Å²) in [5.74, 6) is 1.83. The van der Waals surface area contributed by atoms with Gasteiger partial charge in [-0.05, 0) is 49.9 Å². The lowest BCUT2D eigenvalue weighted by molar-refractivity contribution is 0.208. The van der Waals surface area contributed by atoms with E-state index in [1.165, 1.54) is 0 Å². The lowest BCUT2D eigenvalue weighted by Crippen LogP contribution is -2.21. The van der Waals surface area contributed by atoms with Gasteiger partial charge in [-0.3, -0.25) is 0 Å². The van der Waals surface area contributed by atoms with E-state index in [0.717, 1.165) is 47.7 Å². The van der Waals surface area contributed by atoms with Crippen LogP contribution in [0.5, 0.6) is 5.75 Å². The topological polar surface area (TPSA) is 41.1 Å². The fourth-order valence-electron chi connectivity index (χ4n) is 2.96. The van der Waals surface area contributed by atoms with Crippen molar-refractivity contribution in [2.45, 2.75) is 12.5 Å². The number of aromatic nitrogens is 2. The molecule has 1 unspecified atom stereocenters. The first kappa shape index (κ1) is 13.3. The van der Waals surface area contributed by atoms with Crippen LogP contribution in [0.2, 0.25) is 0 Å². The number of nitrogens with zero attached hydrogens (tertiary/aromatic N) is 2. The molecule has 0 amide bonds. The van der Waals surface area contributed by atoms with Crippen LogP contribution < -0.4 is 4.74 Å². The number of hydrogen-bond acceptors (Lipinski definition) is 3. The molecule has 22 heavy (non-hydrogen) atoms. The predicted octanol–water partition coefficient (Wildman–Crippen LogP) is 3.31. The van der Waals surface area contributed by atoms with Gasteiger partial charge in [0, 0.05) is 18.7 Å². The Hall–Kier alpha value is -2.33. The SMILES string of the molecule is CN1CCC(Oc2ccc(-c3nc4ccccc4[nH]3)cc2)C1. The average molecular weight is 293 g/mol. The highest BCUT2D eigenvalue weighted by Crippen LogP contribution is 2.24. The van der Waals surface area contributed by atoms with Gasteiger partial charge in [0.05, 0.1) is 11.0 Å². The number of aromatic amines is 1. The number of rotatable bonds is 3. The molecule has 4 nitrogen and oxygen atoms in total. The summed E-state index contributed by atoms with van der Waals surface area (Å²) in [7, 11) is 2.13. The standard InChI is InChI=1S/C18H19N3O/c1-21-11-10-15(12-21)22-14-8-6-13(7-9-14)18-19-16-4-2-3-5-17(16)20-18/h2-9,15H,10-12H2,1H3,(H,19,20). The smallest absolute Gasteiger partial charge is 0.138 e. The van der Waals surface area contributed by atoms with E-state index in [9.17, 15) is 0 Å². The number of likely N-dealkylation sites (tertiary alicyclic amines) is 1. The van der Waals surface area contributed by atoms with Crippen LogP contribution in [0.15, 0.2) is 48.5 Å². The van der Waals surface area contributed by atoms with Crippen LogP contribution >= 0.6 is 0 Å². The van der Waals surface area contributed by atoms with Crippen LogP contribution in [-0.2, 0) is 0 Å². The third-order valence-electron chi connectivity index (χ3n) is 4.17. The summed E-state index contributed by atoms with van der Waals surface area (Å²) in [5, 5.41) is 0. The van der Waals surface area contributed by atoms with Gasteiger partial charge in [0.1, 0.15) is 17.7 Å². The molecule has 1 atom stereocenters. The Bertz CT molecular complexity index is 745. The predicted molar refractivity (Wildman–Crippen MR) is 88.1 cm³/mol. The van der Waals surface area contributed by atoms with E-state index in [2.05, 4.69) is 34.0 Å². The molecule has 2 aromatic carbocycles. The van der Waals surface area contributed by atoms with Gasteiger partial charge in [0.25, 0.3) is 0 Å². The summed E-state index contributed by atoms with van der Waals surface area (Å²) < 4.78 is 6.02. The van der Waals surface area contributed by atoms with E-state index in [1.807, 2.05) is 36.4 Å². The Balaban J connectivity index is 1.53. The number of ether oxygens (including phenoxy) is 1. The average Bonchev–Trinajstić information content (AvgIpc) is 3.14. The summed E-state index contributed by atoms with van der Waals surface area (Å²) >= 11 is 0. The number of likely N-dealkylation sites (N-methyl/N-ethyl adjacent to an activating group) is 1. The van der Waals surface area contributed by atoms with Crippen LogP contribution in [0.25, 0.3) is 22.4 Å². The third-order valence-corrected chi connectivity index (χ3v) is 4.17. The molecule has 3 aromatic rings. The number of imidazole rings is 1. The lowest BCUT2D eigenvalue weighted by atomic mass is 10.2. The molecule has 4 heteroatoms. The van der Waals surface area contributed by atoms with E-state index in [0.29, 0.717) is 6.10 Å². The number of hydrogen-bond donors (Lipinski definition) is 1. The van der Waals surface area contributed by atoms with Crippen LogP contribution in [0.1, 0.15) is 6.42 Å². The van der Waals surface area contributed by atoms with E-state index in [1.54, 1.807) is 0 Å². The van der Waals surface area contributed by atoms with Crippen molar-refractivity contribution >= 4 is 11.0 Å². The minimum Gasteiger partial charge on any atom is -0.489 e. The lowest BCUT2D eigenvalue weighted by Gasteiger charge is -2.13. The fourth-order valence-corrected chi connectivity index (χ4v) is 2.96. The first-order valence-corrected chi connectivity index (χ1v) is 7.68. The molecule has 112 valence electrons. The van der Waals surface area contributed by atoms with Crippen LogP contribution in [0, 0.1) is 0 Å². The van der Waals surface area contributed by atoms with Crippen LogP contribution in [0.4, 0.5) is 0 Å². The summed E-state index contributed by atoms with van der Waals surface area (Å²) in [6.45, 7) is 2.12. The number of fused-ring (bicyclic) bond motifs is 1. The highest BCUT2D eigenvalue weighted by Gasteiger charge is 2.20. The maximum Gasteiger partial charge on any atom is 0.138 e. The normalized spacial score (nSPS) is 18.9. The zero-order valence-corrected chi connectivity index (χ0v) is 12.6. The third kappa shape index (κ3) is 2.57. The molecular formula is C18H19N3O. The molecule has 0 aliphatic carbocycles. The zero-order valence-electron chi connectivity index (χ0n) is 12.6. The van der Waals surface area contributed by atoms with Gasteiger partial charge in [-0.15, -0.1) is 0 Å². The minimum atomic E-state index is 0.307.